The van der Waals surface area contributed by atoms with Crippen LogP contribution in [0.5, 0.6) is 0 Å². The van der Waals surface area contributed by atoms with E-state index in [1.54, 1.807) is 6.92 Å². The summed E-state index contributed by atoms with van der Waals surface area (Å²) in [7, 11) is 0. The Bertz CT molecular complexity index is 138. The van der Waals surface area contributed by atoms with Crippen LogP contribution in [0.3, 0.4) is 0 Å². The molecule has 0 heterocycles. The molecule has 0 aliphatic carbocycles. The molecule has 72 valence electrons. The Balaban J connectivity index is 4.07. The molecule has 0 saturated heterocycles. The minimum Gasteiger partial charge on any atom is -0.390 e. The van der Waals surface area contributed by atoms with Gasteiger partial charge in [0.1, 0.15) is 18.3 Å². The standard InChI is InChI=1S/C7H14O5/c1-2-4(9)6(11)7(12)5(10)3-8/h3-7,9-12H,2H2,1H3/t4-,5+,6+,7-/m0/s1. The van der Waals surface area contributed by atoms with Crippen molar-refractivity contribution in [1.82, 2.24) is 0 Å². The predicted octanol–water partition coefficient (Wildman–Crippen LogP) is -1.96. The molecule has 0 saturated carbocycles. The summed E-state index contributed by atoms with van der Waals surface area (Å²) in [6, 6.07) is 0. The largest absolute Gasteiger partial charge is 0.390 e. The quantitative estimate of drug-likeness (QED) is 0.366. The first-order valence-corrected chi connectivity index (χ1v) is 3.72. The molecule has 0 aromatic heterocycles. The first-order valence-electron chi connectivity index (χ1n) is 3.72. The molecule has 0 aromatic rings. The fourth-order valence-corrected chi connectivity index (χ4v) is 0.752. The van der Waals surface area contributed by atoms with Gasteiger partial charge in [0, 0.05) is 0 Å². The molecule has 5 heteroatoms. The Morgan fingerprint density at radius 2 is 1.67 bits per heavy atom. The number of carbonyl (C=O) groups is 1. The van der Waals surface area contributed by atoms with Gasteiger partial charge in [-0.2, -0.15) is 0 Å². The van der Waals surface area contributed by atoms with Crippen LogP contribution in [0.4, 0.5) is 0 Å². The highest BCUT2D eigenvalue weighted by molar-refractivity contribution is 5.56. The van der Waals surface area contributed by atoms with Crippen LogP contribution >= 0.6 is 0 Å². The smallest absolute Gasteiger partial charge is 0.151 e. The van der Waals surface area contributed by atoms with E-state index in [0.717, 1.165) is 0 Å². The third-order valence-corrected chi connectivity index (χ3v) is 1.65. The number of aliphatic hydroxyl groups excluding tert-OH is 4. The molecule has 5 nitrogen and oxygen atoms in total. The molecule has 4 N–H and O–H groups in total. The van der Waals surface area contributed by atoms with Crippen LogP contribution in [-0.4, -0.2) is 51.1 Å². The highest BCUT2D eigenvalue weighted by Gasteiger charge is 2.28. The Morgan fingerprint density at radius 1 is 1.17 bits per heavy atom. The molecule has 0 fully saturated rings. The fourth-order valence-electron chi connectivity index (χ4n) is 0.752. The number of rotatable bonds is 5. The van der Waals surface area contributed by atoms with Crippen LogP contribution in [0.1, 0.15) is 13.3 Å². The molecule has 0 spiro atoms. The predicted molar refractivity (Wildman–Crippen MR) is 40.4 cm³/mol. The zero-order valence-electron chi connectivity index (χ0n) is 6.79. The molecular weight excluding hydrogens is 164 g/mol. The van der Waals surface area contributed by atoms with E-state index in [1.807, 2.05) is 0 Å². The van der Waals surface area contributed by atoms with Crippen LogP contribution in [0.25, 0.3) is 0 Å². The van der Waals surface area contributed by atoms with E-state index in [-0.39, 0.29) is 12.7 Å². The summed E-state index contributed by atoms with van der Waals surface area (Å²) in [6.45, 7) is 1.61. The van der Waals surface area contributed by atoms with Crippen molar-refractivity contribution in [1.29, 1.82) is 0 Å². The molecule has 0 aliphatic rings. The van der Waals surface area contributed by atoms with Crippen LogP contribution in [-0.2, 0) is 4.79 Å². The summed E-state index contributed by atoms with van der Waals surface area (Å²) in [5.74, 6) is 0. The molecular formula is C7H14O5. The second-order valence-electron chi connectivity index (χ2n) is 2.58. The third kappa shape index (κ3) is 2.86. The lowest BCUT2D eigenvalue weighted by Gasteiger charge is -2.22. The van der Waals surface area contributed by atoms with Gasteiger partial charge in [-0.1, -0.05) is 6.92 Å². The van der Waals surface area contributed by atoms with E-state index < -0.39 is 24.4 Å². The minimum atomic E-state index is -1.65. The molecule has 0 aromatic carbocycles. The number of aliphatic hydroxyl groups is 4. The Morgan fingerprint density at radius 3 is 2.00 bits per heavy atom. The summed E-state index contributed by atoms with van der Waals surface area (Å²) in [4.78, 5) is 9.96. The monoisotopic (exact) mass is 178 g/mol. The lowest BCUT2D eigenvalue weighted by Crippen LogP contribution is -2.44. The van der Waals surface area contributed by atoms with Crippen LogP contribution < -0.4 is 0 Å². The number of hydrogen-bond donors (Lipinski definition) is 4. The van der Waals surface area contributed by atoms with E-state index in [4.69, 9.17) is 20.4 Å². The minimum absolute atomic E-state index is 0.107. The maximum absolute atomic E-state index is 9.96. The van der Waals surface area contributed by atoms with Crippen molar-refractivity contribution in [3.8, 4) is 0 Å². The summed E-state index contributed by atoms with van der Waals surface area (Å²) in [6.07, 6.45) is -5.55. The first kappa shape index (κ1) is 11.5. The Labute approximate surface area is 70.3 Å². The average Bonchev–Trinajstić information content (AvgIpc) is 2.12. The van der Waals surface area contributed by atoms with E-state index in [1.165, 1.54) is 0 Å². The molecule has 0 aliphatic heterocycles. The molecule has 4 atom stereocenters. The highest BCUT2D eigenvalue weighted by atomic mass is 16.4. The van der Waals surface area contributed by atoms with E-state index in [0.29, 0.717) is 0 Å². The molecule has 0 amide bonds. The van der Waals surface area contributed by atoms with Crippen molar-refractivity contribution in [2.75, 3.05) is 0 Å². The van der Waals surface area contributed by atoms with Gasteiger partial charge < -0.3 is 25.2 Å². The van der Waals surface area contributed by atoms with Crippen molar-refractivity contribution in [3.63, 3.8) is 0 Å². The average molecular weight is 178 g/mol. The van der Waals surface area contributed by atoms with Crippen molar-refractivity contribution >= 4 is 6.29 Å². The summed E-state index contributed by atoms with van der Waals surface area (Å²) in [5.41, 5.74) is 0. The summed E-state index contributed by atoms with van der Waals surface area (Å²) >= 11 is 0. The van der Waals surface area contributed by atoms with Crippen LogP contribution in [0, 0.1) is 0 Å². The highest BCUT2D eigenvalue weighted by Crippen LogP contribution is 2.06. The zero-order chi connectivity index (χ0) is 9.72. The first-order chi connectivity index (χ1) is 5.54. The molecule has 12 heavy (non-hydrogen) atoms. The van der Waals surface area contributed by atoms with Gasteiger partial charge in [-0.05, 0) is 6.42 Å². The second kappa shape index (κ2) is 5.21. The summed E-state index contributed by atoms with van der Waals surface area (Å²) < 4.78 is 0. The molecule has 0 rings (SSSR count). The Hall–Kier alpha value is -0.490. The van der Waals surface area contributed by atoms with Gasteiger partial charge in [-0.3, -0.25) is 0 Å². The van der Waals surface area contributed by atoms with Gasteiger partial charge in [0.25, 0.3) is 0 Å². The lowest BCUT2D eigenvalue weighted by atomic mass is 10.0. The number of carbonyl (C=O) groups excluding carboxylic acids is 1. The topological polar surface area (TPSA) is 98.0 Å². The van der Waals surface area contributed by atoms with Gasteiger partial charge in [-0.15, -0.1) is 0 Å². The SMILES string of the molecule is CC[C@H](O)[C@@H](O)[C@@H](O)[C@H](O)C=O. The normalized spacial score (nSPS) is 21.1. The van der Waals surface area contributed by atoms with E-state index in [9.17, 15) is 4.79 Å². The lowest BCUT2D eigenvalue weighted by molar-refractivity contribution is -0.133. The maximum Gasteiger partial charge on any atom is 0.151 e. The number of aldehydes is 1. The van der Waals surface area contributed by atoms with Gasteiger partial charge >= 0.3 is 0 Å². The molecule has 0 bridgehead atoms. The van der Waals surface area contributed by atoms with Crippen molar-refractivity contribution in [2.24, 2.45) is 0 Å². The fraction of sp³-hybridized carbons (Fsp3) is 0.857. The van der Waals surface area contributed by atoms with Crippen molar-refractivity contribution in [2.45, 2.75) is 37.8 Å². The Kier molecular flexibility index (Phi) is 5.00. The van der Waals surface area contributed by atoms with Crippen molar-refractivity contribution in [3.05, 3.63) is 0 Å². The van der Waals surface area contributed by atoms with E-state index >= 15 is 0 Å². The van der Waals surface area contributed by atoms with Crippen LogP contribution in [0.2, 0.25) is 0 Å². The van der Waals surface area contributed by atoms with Gasteiger partial charge in [0.15, 0.2) is 6.29 Å². The second-order valence-corrected chi connectivity index (χ2v) is 2.58. The van der Waals surface area contributed by atoms with Gasteiger partial charge in [0.2, 0.25) is 0 Å². The van der Waals surface area contributed by atoms with Gasteiger partial charge in [-0.25, -0.2) is 0 Å². The summed E-state index contributed by atoms with van der Waals surface area (Å²) in [5, 5.41) is 35.8. The number of hydrogen-bond acceptors (Lipinski definition) is 5. The van der Waals surface area contributed by atoms with E-state index in [2.05, 4.69) is 0 Å². The van der Waals surface area contributed by atoms with Crippen molar-refractivity contribution < 1.29 is 25.2 Å². The van der Waals surface area contributed by atoms with Crippen LogP contribution in [0.15, 0.2) is 0 Å². The van der Waals surface area contributed by atoms with Gasteiger partial charge in [0.05, 0.1) is 6.10 Å². The molecule has 0 unspecified atom stereocenters. The third-order valence-electron chi connectivity index (χ3n) is 1.65. The maximum atomic E-state index is 9.96. The zero-order valence-corrected chi connectivity index (χ0v) is 6.79. The molecule has 0 radical (unpaired) electrons.